The molecule has 9 heteroatoms. The largest absolute Gasteiger partial charge is 0.507 e. The van der Waals surface area contributed by atoms with E-state index >= 15 is 0 Å². The quantitative estimate of drug-likeness (QED) is 0.0864. The van der Waals surface area contributed by atoms with Crippen molar-refractivity contribution in [3.8, 4) is 11.5 Å². The molecule has 2 aromatic carbocycles. The van der Waals surface area contributed by atoms with Crippen LogP contribution in [0.15, 0.2) is 66.9 Å². The maximum absolute atomic E-state index is 12.7. The number of piperidine rings is 1. The van der Waals surface area contributed by atoms with Crippen molar-refractivity contribution in [3.05, 3.63) is 72.5 Å². The van der Waals surface area contributed by atoms with Crippen molar-refractivity contribution < 1.29 is 19.4 Å². The van der Waals surface area contributed by atoms with E-state index in [4.69, 9.17) is 20.9 Å². The zero-order valence-corrected chi connectivity index (χ0v) is 29.0. The normalized spacial score (nSPS) is 17.4. The van der Waals surface area contributed by atoms with Gasteiger partial charge in [0.1, 0.15) is 30.0 Å². The van der Waals surface area contributed by atoms with Gasteiger partial charge in [0, 0.05) is 68.7 Å². The highest BCUT2D eigenvalue weighted by Crippen LogP contribution is 2.26. The molecule has 0 spiro atoms. The topological polar surface area (TPSA) is 118 Å². The number of anilines is 1. The molecule has 2 aromatic rings. The number of unbranched alkanes of at least 4 members (excludes halogenated alkanes) is 8. The molecule has 2 fully saturated rings. The van der Waals surface area contributed by atoms with Crippen LogP contribution in [0.2, 0.25) is 0 Å². The second-order valence-corrected chi connectivity index (χ2v) is 13.2. The zero-order valence-electron chi connectivity index (χ0n) is 29.0. The predicted molar refractivity (Wildman–Crippen MR) is 196 cm³/mol. The minimum Gasteiger partial charge on any atom is -0.507 e. The van der Waals surface area contributed by atoms with Gasteiger partial charge in [-0.15, -0.1) is 0 Å². The van der Waals surface area contributed by atoms with Crippen molar-refractivity contribution in [1.82, 2.24) is 9.80 Å². The van der Waals surface area contributed by atoms with E-state index in [9.17, 15) is 9.90 Å². The number of rotatable bonds is 20. The summed E-state index contributed by atoms with van der Waals surface area (Å²) in [5, 5.41) is 10.1. The van der Waals surface area contributed by atoms with Gasteiger partial charge in [0.25, 0.3) is 0 Å². The number of carbonyl (C=O) groups is 1. The summed E-state index contributed by atoms with van der Waals surface area (Å²) < 4.78 is 12.2. The Labute approximate surface area is 288 Å². The van der Waals surface area contributed by atoms with E-state index in [2.05, 4.69) is 28.5 Å². The third kappa shape index (κ3) is 12.7. The molecule has 0 aromatic heterocycles. The molecule has 2 aliphatic heterocycles. The number of nitrogens with zero attached hydrogens (tertiary/aromatic N) is 3. The highest BCUT2D eigenvalue weighted by molar-refractivity contribution is 5.76. The molecule has 264 valence electrons. The van der Waals surface area contributed by atoms with Gasteiger partial charge < -0.3 is 35.8 Å². The smallest absolute Gasteiger partial charge is 0.222 e. The van der Waals surface area contributed by atoms with E-state index in [0.717, 1.165) is 95.9 Å². The first-order valence-electron chi connectivity index (χ1n) is 18.2. The van der Waals surface area contributed by atoms with E-state index < -0.39 is 0 Å². The van der Waals surface area contributed by atoms with Gasteiger partial charge in [-0.05, 0) is 68.6 Å². The lowest BCUT2D eigenvalue weighted by Gasteiger charge is -2.35. The third-order valence-electron chi connectivity index (χ3n) is 9.43. The van der Waals surface area contributed by atoms with Crippen LogP contribution in [0.4, 0.5) is 5.69 Å². The summed E-state index contributed by atoms with van der Waals surface area (Å²) in [5.41, 5.74) is 13.9. The summed E-state index contributed by atoms with van der Waals surface area (Å²) >= 11 is 0. The number of hydrogen-bond acceptors (Lipinski definition) is 8. The van der Waals surface area contributed by atoms with Crippen molar-refractivity contribution in [2.45, 2.75) is 83.2 Å². The molecule has 0 bridgehead atoms. The number of phenols is 1. The standard InChI is InChI=1S/C39H59N5O4/c1-32(30-37(41)36-15-10-11-16-38(36)45)48-35-14-13-23-44(31-35)33-18-20-34(21-19-33)47-29-28-42-24-26-43(27-25-42)39(46)17-9-7-5-3-2-4-6-8-12-22-40/h10-11,15-16,18-21,30,35,45H,1-9,12-14,17,22-29,31,40-41H2/b37-30-. The number of allylic oxidation sites excluding steroid dienone is 1. The Kier molecular flexibility index (Phi) is 16.0. The average Bonchev–Trinajstić information content (AvgIpc) is 3.10. The first kappa shape index (κ1) is 37.1. The number of hydrogen-bond donors (Lipinski definition) is 3. The van der Waals surface area contributed by atoms with Crippen LogP contribution in [0.25, 0.3) is 5.70 Å². The summed E-state index contributed by atoms with van der Waals surface area (Å²) in [6.07, 6.45) is 15.4. The molecule has 1 atom stereocenters. The number of para-hydroxylation sites is 1. The van der Waals surface area contributed by atoms with Gasteiger partial charge in [0.15, 0.2) is 0 Å². The fourth-order valence-corrected chi connectivity index (χ4v) is 6.57. The monoisotopic (exact) mass is 661 g/mol. The fourth-order valence-electron chi connectivity index (χ4n) is 6.57. The van der Waals surface area contributed by atoms with E-state index in [0.29, 0.717) is 36.0 Å². The molecule has 0 saturated carbocycles. The Morgan fingerprint density at radius 1 is 0.896 bits per heavy atom. The molecular weight excluding hydrogens is 602 g/mol. The Morgan fingerprint density at radius 2 is 1.56 bits per heavy atom. The molecule has 4 rings (SSSR count). The SMILES string of the molecule is C=C(/C=C(\N)c1ccccc1O)OC1CCCN(c2ccc(OCCN3CCN(C(=O)CCCCCCCCCCCN)CC3)cc2)C1. The van der Waals surface area contributed by atoms with Gasteiger partial charge in [0.05, 0.1) is 6.54 Å². The van der Waals surface area contributed by atoms with Crippen molar-refractivity contribution in [2.24, 2.45) is 11.5 Å². The van der Waals surface area contributed by atoms with Crippen LogP contribution in [0, 0.1) is 0 Å². The zero-order chi connectivity index (χ0) is 34.0. The number of benzene rings is 2. The Bertz CT molecular complexity index is 1280. The minimum absolute atomic E-state index is 0.00288. The molecule has 0 aliphatic carbocycles. The van der Waals surface area contributed by atoms with Crippen molar-refractivity contribution in [3.63, 3.8) is 0 Å². The van der Waals surface area contributed by atoms with E-state index in [1.807, 2.05) is 23.1 Å². The van der Waals surface area contributed by atoms with Crippen molar-refractivity contribution in [1.29, 1.82) is 0 Å². The number of amides is 1. The van der Waals surface area contributed by atoms with Gasteiger partial charge in [-0.25, -0.2) is 0 Å². The number of carbonyl (C=O) groups excluding carboxylic acids is 1. The highest BCUT2D eigenvalue weighted by atomic mass is 16.5. The minimum atomic E-state index is 0.00288. The molecule has 9 nitrogen and oxygen atoms in total. The third-order valence-corrected chi connectivity index (χ3v) is 9.43. The summed E-state index contributed by atoms with van der Waals surface area (Å²) in [7, 11) is 0. The molecule has 2 saturated heterocycles. The molecule has 2 heterocycles. The summed E-state index contributed by atoms with van der Waals surface area (Å²) in [4.78, 5) is 19.4. The Morgan fingerprint density at radius 3 is 2.25 bits per heavy atom. The summed E-state index contributed by atoms with van der Waals surface area (Å²) in [6, 6.07) is 15.3. The van der Waals surface area contributed by atoms with Crippen molar-refractivity contribution >= 4 is 17.3 Å². The Hall–Kier alpha value is -3.69. The lowest BCUT2D eigenvalue weighted by atomic mass is 10.1. The van der Waals surface area contributed by atoms with Crippen LogP contribution < -0.4 is 21.1 Å². The second kappa shape index (κ2) is 20.6. The summed E-state index contributed by atoms with van der Waals surface area (Å²) in [6.45, 7) is 11.5. The molecule has 0 radical (unpaired) electrons. The van der Waals surface area contributed by atoms with Crippen LogP contribution in [0.3, 0.4) is 0 Å². The van der Waals surface area contributed by atoms with Crippen LogP contribution in [-0.2, 0) is 9.53 Å². The number of aromatic hydroxyl groups is 1. The number of phenolic OH excluding ortho intramolecular Hbond substituents is 1. The van der Waals surface area contributed by atoms with Crippen molar-refractivity contribution in [2.75, 3.05) is 63.9 Å². The van der Waals surface area contributed by atoms with Gasteiger partial charge in [-0.1, -0.05) is 63.7 Å². The first-order chi connectivity index (χ1) is 23.4. The van der Waals surface area contributed by atoms with Gasteiger partial charge in [-0.3, -0.25) is 9.69 Å². The maximum Gasteiger partial charge on any atom is 0.222 e. The maximum atomic E-state index is 12.7. The number of ether oxygens (including phenoxy) is 2. The van der Waals surface area contributed by atoms with E-state index in [1.54, 1.807) is 24.3 Å². The van der Waals surface area contributed by atoms with Crippen LogP contribution in [0.5, 0.6) is 11.5 Å². The van der Waals surface area contributed by atoms with E-state index in [-0.39, 0.29) is 11.9 Å². The van der Waals surface area contributed by atoms with Gasteiger partial charge in [0.2, 0.25) is 5.91 Å². The second-order valence-electron chi connectivity index (χ2n) is 13.2. The number of nitrogens with two attached hydrogens (primary N) is 2. The molecule has 2 aliphatic rings. The lowest BCUT2D eigenvalue weighted by Crippen LogP contribution is -2.49. The fraction of sp³-hybridized carbons (Fsp3) is 0.564. The predicted octanol–water partition coefficient (Wildman–Crippen LogP) is 6.27. The van der Waals surface area contributed by atoms with Crippen LogP contribution >= 0.6 is 0 Å². The highest BCUT2D eigenvalue weighted by Gasteiger charge is 2.23. The van der Waals surface area contributed by atoms with Crippen LogP contribution in [0.1, 0.15) is 82.6 Å². The van der Waals surface area contributed by atoms with Gasteiger partial charge >= 0.3 is 0 Å². The molecule has 1 unspecified atom stereocenters. The molecule has 5 N–H and O–H groups in total. The number of piperazine rings is 1. The first-order valence-corrected chi connectivity index (χ1v) is 18.2. The molecule has 48 heavy (non-hydrogen) atoms. The molecule has 1 amide bonds. The van der Waals surface area contributed by atoms with E-state index in [1.165, 1.54) is 38.5 Å². The Balaban J connectivity index is 1.07. The summed E-state index contributed by atoms with van der Waals surface area (Å²) in [5.74, 6) is 1.80. The average molecular weight is 662 g/mol. The van der Waals surface area contributed by atoms with Crippen LogP contribution in [-0.4, -0.2) is 85.9 Å². The lowest BCUT2D eigenvalue weighted by molar-refractivity contribution is -0.133. The van der Waals surface area contributed by atoms with Gasteiger partial charge in [-0.2, -0.15) is 0 Å². The molecular formula is C39H59N5O4.